The Hall–Kier alpha value is -2.09. The molecule has 0 fully saturated rings. The highest BCUT2D eigenvalue weighted by atomic mass is 16.5. The number of ether oxygens (including phenoxy) is 1. The molecule has 0 bridgehead atoms. The lowest BCUT2D eigenvalue weighted by molar-refractivity contribution is -0.138. The average Bonchev–Trinajstić information content (AvgIpc) is 2.39. The number of benzene rings is 2. The summed E-state index contributed by atoms with van der Waals surface area (Å²) in [5.41, 5.74) is 1.84. The molecule has 2 aromatic carbocycles. The molecule has 2 rings (SSSR count). The standard InChI is InChI=1S/C15H13O2/c16-15(11-13-7-3-1-4-8-13)17-12-14-9-5-2-6-10-14/h1-10,12H,11H2. The van der Waals surface area contributed by atoms with Crippen molar-refractivity contribution in [2.24, 2.45) is 0 Å². The van der Waals surface area contributed by atoms with Gasteiger partial charge in [-0.15, -0.1) is 0 Å². The van der Waals surface area contributed by atoms with Gasteiger partial charge in [0.2, 0.25) is 0 Å². The van der Waals surface area contributed by atoms with Gasteiger partial charge in [-0.3, -0.25) is 4.79 Å². The highest BCUT2D eigenvalue weighted by Gasteiger charge is 2.04. The summed E-state index contributed by atoms with van der Waals surface area (Å²) in [6.07, 6.45) is 0.296. The van der Waals surface area contributed by atoms with E-state index in [1.54, 1.807) is 0 Å². The molecule has 0 atom stereocenters. The lowest BCUT2D eigenvalue weighted by Gasteiger charge is -2.03. The van der Waals surface area contributed by atoms with Gasteiger partial charge in [-0.05, 0) is 11.1 Å². The maximum atomic E-state index is 11.5. The van der Waals surface area contributed by atoms with Crippen molar-refractivity contribution in [1.29, 1.82) is 0 Å². The van der Waals surface area contributed by atoms with Gasteiger partial charge in [0.25, 0.3) is 0 Å². The minimum Gasteiger partial charge on any atom is -0.453 e. The van der Waals surface area contributed by atoms with Gasteiger partial charge in [0.15, 0.2) is 6.61 Å². The number of hydrogen-bond donors (Lipinski definition) is 0. The number of carbonyl (C=O) groups is 1. The first kappa shape index (κ1) is 11.4. The number of rotatable bonds is 4. The quantitative estimate of drug-likeness (QED) is 0.748. The van der Waals surface area contributed by atoms with E-state index in [1.165, 1.54) is 6.61 Å². The second kappa shape index (κ2) is 5.85. The van der Waals surface area contributed by atoms with Crippen LogP contribution in [-0.2, 0) is 16.0 Å². The molecule has 0 aromatic heterocycles. The van der Waals surface area contributed by atoms with Crippen LogP contribution in [0.15, 0.2) is 60.7 Å². The summed E-state index contributed by atoms with van der Waals surface area (Å²) in [4.78, 5) is 11.5. The topological polar surface area (TPSA) is 26.3 Å². The van der Waals surface area contributed by atoms with Gasteiger partial charge < -0.3 is 4.74 Å². The van der Waals surface area contributed by atoms with Gasteiger partial charge in [-0.25, -0.2) is 0 Å². The summed E-state index contributed by atoms with van der Waals surface area (Å²) in [7, 11) is 0. The lowest BCUT2D eigenvalue weighted by Crippen LogP contribution is -2.06. The van der Waals surface area contributed by atoms with Crippen LogP contribution in [0.25, 0.3) is 0 Å². The van der Waals surface area contributed by atoms with E-state index in [0.717, 1.165) is 11.1 Å². The molecule has 0 aliphatic heterocycles. The summed E-state index contributed by atoms with van der Waals surface area (Å²) in [5, 5.41) is 0. The lowest BCUT2D eigenvalue weighted by atomic mass is 10.1. The maximum absolute atomic E-state index is 11.5. The molecule has 1 radical (unpaired) electrons. The zero-order valence-corrected chi connectivity index (χ0v) is 9.37. The third-order valence-electron chi connectivity index (χ3n) is 2.32. The van der Waals surface area contributed by atoms with Crippen molar-refractivity contribution < 1.29 is 9.53 Å². The monoisotopic (exact) mass is 225 g/mol. The number of esters is 1. The Bertz CT molecular complexity index is 463. The fourth-order valence-corrected chi connectivity index (χ4v) is 1.47. The van der Waals surface area contributed by atoms with Crippen LogP contribution in [0.1, 0.15) is 11.1 Å². The van der Waals surface area contributed by atoms with Crippen molar-refractivity contribution in [3.63, 3.8) is 0 Å². The second-order valence-electron chi connectivity index (χ2n) is 3.68. The summed E-state index contributed by atoms with van der Waals surface area (Å²) in [5.74, 6) is -0.250. The normalized spacial score (nSPS) is 9.88. The number of carbonyl (C=O) groups excluding carboxylic acids is 1. The van der Waals surface area contributed by atoms with Crippen LogP contribution in [0.3, 0.4) is 0 Å². The average molecular weight is 225 g/mol. The predicted octanol–water partition coefficient (Wildman–Crippen LogP) is 2.98. The molecule has 0 spiro atoms. The highest BCUT2D eigenvalue weighted by Crippen LogP contribution is 2.06. The van der Waals surface area contributed by atoms with Crippen LogP contribution in [0, 0.1) is 6.61 Å². The van der Waals surface area contributed by atoms with Crippen molar-refractivity contribution in [2.45, 2.75) is 6.42 Å². The van der Waals surface area contributed by atoms with E-state index < -0.39 is 0 Å². The molecule has 0 aliphatic carbocycles. The van der Waals surface area contributed by atoms with Crippen LogP contribution in [-0.4, -0.2) is 5.97 Å². The van der Waals surface area contributed by atoms with Gasteiger partial charge >= 0.3 is 5.97 Å². The first-order valence-corrected chi connectivity index (χ1v) is 5.46. The van der Waals surface area contributed by atoms with Crippen molar-refractivity contribution in [3.8, 4) is 0 Å². The summed E-state index contributed by atoms with van der Waals surface area (Å²) in [6.45, 7) is 1.48. The van der Waals surface area contributed by atoms with Crippen molar-refractivity contribution in [1.82, 2.24) is 0 Å². The maximum Gasteiger partial charge on any atom is 0.311 e. The molecule has 85 valence electrons. The zero-order chi connectivity index (χ0) is 11.9. The highest BCUT2D eigenvalue weighted by molar-refractivity contribution is 5.73. The largest absolute Gasteiger partial charge is 0.453 e. The van der Waals surface area contributed by atoms with E-state index in [9.17, 15) is 4.79 Å². The van der Waals surface area contributed by atoms with Gasteiger partial charge in [-0.2, -0.15) is 0 Å². The summed E-state index contributed by atoms with van der Waals surface area (Å²) in [6, 6.07) is 19.0. The van der Waals surface area contributed by atoms with E-state index in [0.29, 0.717) is 6.42 Å². The third-order valence-corrected chi connectivity index (χ3v) is 2.32. The zero-order valence-electron chi connectivity index (χ0n) is 9.37. The van der Waals surface area contributed by atoms with Gasteiger partial charge in [0.05, 0.1) is 6.42 Å². The SMILES string of the molecule is O=C(Cc1ccccc1)O[CH]c1ccccc1. The molecule has 0 N–H and O–H groups in total. The van der Waals surface area contributed by atoms with E-state index >= 15 is 0 Å². The Morgan fingerprint density at radius 3 is 2.18 bits per heavy atom. The fourth-order valence-electron chi connectivity index (χ4n) is 1.47. The molecule has 0 unspecified atom stereocenters. The van der Waals surface area contributed by atoms with E-state index in [1.807, 2.05) is 60.7 Å². The summed E-state index contributed by atoms with van der Waals surface area (Å²) < 4.78 is 5.07. The molecule has 2 aromatic rings. The van der Waals surface area contributed by atoms with Crippen LogP contribution in [0.5, 0.6) is 0 Å². The molecular weight excluding hydrogens is 212 g/mol. The van der Waals surface area contributed by atoms with E-state index in [-0.39, 0.29) is 5.97 Å². The third kappa shape index (κ3) is 3.76. The number of hydrogen-bond acceptors (Lipinski definition) is 2. The Morgan fingerprint density at radius 1 is 0.941 bits per heavy atom. The molecule has 0 aliphatic rings. The first-order chi connectivity index (χ1) is 8.34. The van der Waals surface area contributed by atoms with Crippen molar-refractivity contribution in [2.75, 3.05) is 0 Å². The molecule has 17 heavy (non-hydrogen) atoms. The smallest absolute Gasteiger partial charge is 0.311 e. The second-order valence-corrected chi connectivity index (χ2v) is 3.68. The molecule has 0 saturated heterocycles. The predicted molar refractivity (Wildman–Crippen MR) is 66.1 cm³/mol. The Labute approximate surface area is 101 Å². The van der Waals surface area contributed by atoms with Crippen LogP contribution in [0.2, 0.25) is 0 Å². The van der Waals surface area contributed by atoms with E-state index in [2.05, 4.69) is 0 Å². The van der Waals surface area contributed by atoms with E-state index in [4.69, 9.17) is 4.74 Å². The minimum atomic E-state index is -0.250. The minimum absolute atomic E-state index is 0.250. The van der Waals surface area contributed by atoms with Crippen molar-refractivity contribution >= 4 is 5.97 Å². The van der Waals surface area contributed by atoms with Crippen LogP contribution in [0.4, 0.5) is 0 Å². The van der Waals surface area contributed by atoms with Crippen molar-refractivity contribution in [3.05, 3.63) is 78.4 Å². The molecule has 0 amide bonds. The van der Waals surface area contributed by atoms with Crippen LogP contribution >= 0.6 is 0 Å². The molecular formula is C15H13O2. The molecule has 0 heterocycles. The van der Waals surface area contributed by atoms with Crippen LogP contribution < -0.4 is 0 Å². The molecule has 0 saturated carbocycles. The van der Waals surface area contributed by atoms with Gasteiger partial charge in [-0.1, -0.05) is 60.7 Å². The first-order valence-electron chi connectivity index (χ1n) is 5.46. The Morgan fingerprint density at radius 2 is 1.53 bits per heavy atom. The molecule has 2 heteroatoms. The van der Waals surface area contributed by atoms with Gasteiger partial charge in [0, 0.05) is 0 Å². The van der Waals surface area contributed by atoms with Gasteiger partial charge in [0.1, 0.15) is 0 Å². The Balaban J connectivity index is 1.83. The Kier molecular flexibility index (Phi) is 3.92. The molecule has 2 nitrogen and oxygen atoms in total. The summed E-state index contributed by atoms with van der Waals surface area (Å²) >= 11 is 0. The fraction of sp³-hybridized carbons (Fsp3) is 0.0667.